The lowest BCUT2D eigenvalue weighted by atomic mass is 9.99. The Bertz CT molecular complexity index is 1440. The fourth-order valence-electron chi connectivity index (χ4n) is 5.87. The molecule has 0 N–H and O–H groups in total. The maximum Gasteiger partial charge on any atom is 0.411 e. The van der Waals surface area contributed by atoms with E-state index in [0.29, 0.717) is 0 Å². The molecule has 0 aliphatic carbocycles. The number of nitrogens with zero attached hydrogens (tertiary/aromatic N) is 1. The molecule has 8 heteroatoms. The third-order valence-corrected chi connectivity index (χ3v) is 9.60. The molecule has 2 saturated heterocycles. The summed E-state index contributed by atoms with van der Waals surface area (Å²) in [6.07, 6.45) is 1.75. The molecule has 1 spiro atoms. The van der Waals surface area contributed by atoms with E-state index < -0.39 is 56.9 Å². The van der Waals surface area contributed by atoms with E-state index in [4.69, 9.17) is 14.2 Å². The number of fused-ring (bicyclic) bond motifs is 3. The van der Waals surface area contributed by atoms with Gasteiger partial charge in [0.25, 0.3) is 0 Å². The van der Waals surface area contributed by atoms with Crippen LogP contribution in [0.4, 0.5) is 4.79 Å². The van der Waals surface area contributed by atoms with Gasteiger partial charge in [-0.25, -0.2) is 13.2 Å². The smallest absolute Gasteiger partial charge is 0.411 e. The van der Waals surface area contributed by atoms with E-state index in [9.17, 15) is 13.2 Å². The molecule has 3 aromatic rings. The minimum absolute atomic E-state index is 0.145. The number of amides is 1. The first kappa shape index (κ1) is 25.8. The van der Waals surface area contributed by atoms with Crippen LogP contribution >= 0.6 is 0 Å². The summed E-state index contributed by atoms with van der Waals surface area (Å²) in [7, 11) is -4.03. The lowest BCUT2D eigenvalue weighted by Crippen LogP contribution is -2.54. The van der Waals surface area contributed by atoms with Crippen molar-refractivity contribution < 1.29 is 27.4 Å². The fourth-order valence-corrected chi connectivity index (χ4v) is 7.97. The Labute approximate surface area is 228 Å². The van der Waals surface area contributed by atoms with Crippen LogP contribution < -0.4 is 0 Å². The van der Waals surface area contributed by atoms with Gasteiger partial charge in [-0.3, -0.25) is 4.90 Å². The number of hydrogen-bond donors (Lipinski definition) is 0. The highest BCUT2D eigenvalue weighted by molar-refractivity contribution is 7.92. The van der Waals surface area contributed by atoms with Gasteiger partial charge in [-0.15, -0.1) is 0 Å². The highest BCUT2D eigenvalue weighted by atomic mass is 32.2. The molecule has 7 nitrogen and oxygen atoms in total. The Morgan fingerprint density at radius 1 is 0.795 bits per heavy atom. The van der Waals surface area contributed by atoms with E-state index >= 15 is 0 Å². The summed E-state index contributed by atoms with van der Waals surface area (Å²) < 4.78 is 48.1. The average molecular weight is 546 g/mol. The van der Waals surface area contributed by atoms with Crippen LogP contribution in [0, 0.1) is 0 Å². The predicted molar refractivity (Wildman–Crippen MR) is 145 cm³/mol. The third-order valence-electron chi connectivity index (χ3n) is 7.39. The standard InChI is InChI=1S/C31H31NO6S/c1-30(2,3)38-29(33)32-24-19-20-25(32)31(28(24)39(34,35)23-17-11-6-12-18-23)36-26(21-13-7-4-8-14-21)27(37-31)22-15-9-5-10-16-22/h4-20,24-28H,1-3H3/t24-,25+,26-,27-,28+/m1/s1. The van der Waals surface area contributed by atoms with Crippen molar-refractivity contribution in [3.63, 3.8) is 0 Å². The molecule has 3 aliphatic heterocycles. The van der Waals surface area contributed by atoms with Crippen LogP contribution in [-0.2, 0) is 24.0 Å². The van der Waals surface area contributed by atoms with Gasteiger partial charge in [0.2, 0.25) is 5.79 Å². The molecule has 202 valence electrons. The van der Waals surface area contributed by atoms with E-state index in [2.05, 4.69) is 0 Å². The van der Waals surface area contributed by atoms with Crippen LogP contribution in [0.25, 0.3) is 0 Å². The van der Waals surface area contributed by atoms with Crippen LogP contribution in [0.2, 0.25) is 0 Å². The van der Waals surface area contributed by atoms with E-state index in [1.165, 1.54) is 4.90 Å². The van der Waals surface area contributed by atoms with Gasteiger partial charge >= 0.3 is 6.09 Å². The maximum absolute atomic E-state index is 14.4. The summed E-state index contributed by atoms with van der Waals surface area (Å²) in [5, 5.41) is -1.21. The maximum atomic E-state index is 14.4. The van der Waals surface area contributed by atoms with Crippen LogP contribution in [0.5, 0.6) is 0 Å². The summed E-state index contributed by atoms with van der Waals surface area (Å²) in [6, 6.07) is 25.9. The molecule has 2 fully saturated rings. The van der Waals surface area contributed by atoms with Gasteiger partial charge in [0.15, 0.2) is 9.84 Å². The van der Waals surface area contributed by atoms with Gasteiger partial charge in [-0.1, -0.05) is 91.0 Å². The number of ether oxygens (including phenoxy) is 3. The SMILES string of the molecule is CC(C)(C)OC(=O)N1[C@@H]2C=C[C@H]1C1(O[C@H](c3ccccc3)[C@@H](c3ccccc3)O1)[C@H]2S(=O)(=O)c1ccccc1. The predicted octanol–water partition coefficient (Wildman–Crippen LogP) is 5.61. The first-order valence-corrected chi connectivity index (χ1v) is 14.6. The minimum Gasteiger partial charge on any atom is -0.444 e. The Kier molecular flexibility index (Phi) is 6.17. The van der Waals surface area contributed by atoms with Crippen molar-refractivity contribution in [1.29, 1.82) is 0 Å². The van der Waals surface area contributed by atoms with Crippen molar-refractivity contribution in [1.82, 2.24) is 4.90 Å². The number of hydrogen-bond acceptors (Lipinski definition) is 6. The van der Waals surface area contributed by atoms with E-state index in [0.717, 1.165) is 11.1 Å². The molecule has 6 rings (SSSR count). The molecule has 3 aliphatic rings. The lowest BCUT2D eigenvalue weighted by Gasteiger charge is -2.35. The van der Waals surface area contributed by atoms with Crippen LogP contribution in [0.15, 0.2) is 108 Å². The monoisotopic (exact) mass is 545 g/mol. The highest BCUT2D eigenvalue weighted by Gasteiger charge is 2.73. The lowest BCUT2D eigenvalue weighted by molar-refractivity contribution is -0.179. The van der Waals surface area contributed by atoms with Gasteiger partial charge in [-0.05, 0) is 44.0 Å². The average Bonchev–Trinajstić information content (AvgIpc) is 3.60. The van der Waals surface area contributed by atoms with Crippen molar-refractivity contribution in [2.24, 2.45) is 0 Å². The van der Waals surface area contributed by atoms with Crippen LogP contribution in [0.3, 0.4) is 0 Å². The normalized spacial score (nSPS) is 27.3. The molecule has 0 radical (unpaired) electrons. The molecular formula is C31H31NO6S. The molecule has 39 heavy (non-hydrogen) atoms. The summed E-state index contributed by atoms with van der Waals surface area (Å²) in [6.45, 7) is 5.34. The first-order chi connectivity index (χ1) is 18.6. The number of sulfone groups is 1. The van der Waals surface area contributed by atoms with Gasteiger partial charge in [0.1, 0.15) is 29.1 Å². The zero-order valence-electron chi connectivity index (χ0n) is 22.0. The Morgan fingerprint density at radius 3 is 1.77 bits per heavy atom. The molecule has 0 aromatic heterocycles. The quantitative estimate of drug-likeness (QED) is 0.396. The van der Waals surface area contributed by atoms with Crippen molar-refractivity contribution in [3.05, 3.63) is 114 Å². The Balaban J connectivity index is 1.51. The largest absolute Gasteiger partial charge is 0.444 e. The second-order valence-electron chi connectivity index (χ2n) is 11.1. The Hall–Kier alpha value is -3.46. The zero-order valence-corrected chi connectivity index (χ0v) is 22.8. The topological polar surface area (TPSA) is 82.1 Å². The van der Waals surface area contributed by atoms with Gasteiger partial charge in [-0.2, -0.15) is 0 Å². The molecule has 3 aromatic carbocycles. The third kappa shape index (κ3) is 4.27. The second-order valence-corrected chi connectivity index (χ2v) is 13.2. The first-order valence-electron chi connectivity index (χ1n) is 13.1. The van der Waals surface area contributed by atoms with Gasteiger partial charge in [0.05, 0.1) is 10.9 Å². The van der Waals surface area contributed by atoms with Crippen molar-refractivity contribution in [3.8, 4) is 0 Å². The molecule has 1 amide bonds. The summed E-state index contributed by atoms with van der Waals surface area (Å²) in [5.74, 6) is -1.66. The van der Waals surface area contributed by atoms with E-state index in [-0.39, 0.29) is 4.90 Å². The fraction of sp³-hybridized carbons (Fsp3) is 0.323. The molecule has 5 atom stereocenters. The number of carbonyl (C=O) groups excluding carboxylic acids is 1. The molecule has 2 bridgehead atoms. The van der Waals surface area contributed by atoms with Crippen molar-refractivity contribution in [2.75, 3.05) is 0 Å². The highest BCUT2D eigenvalue weighted by Crippen LogP contribution is 2.58. The number of benzene rings is 3. The van der Waals surface area contributed by atoms with Crippen molar-refractivity contribution in [2.45, 2.75) is 66.6 Å². The summed E-state index contributed by atoms with van der Waals surface area (Å²) >= 11 is 0. The van der Waals surface area contributed by atoms with E-state index in [1.54, 1.807) is 63.3 Å². The van der Waals surface area contributed by atoms with Gasteiger partial charge in [0, 0.05) is 0 Å². The Morgan fingerprint density at radius 2 is 1.28 bits per heavy atom. The summed E-state index contributed by atoms with van der Waals surface area (Å²) in [5.41, 5.74) is 0.945. The zero-order chi connectivity index (χ0) is 27.4. The molecule has 0 unspecified atom stereocenters. The van der Waals surface area contributed by atoms with Crippen LogP contribution in [-0.4, -0.2) is 48.1 Å². The molecule has 0 saturated carbocycles. The van der Waals surface area contributed by atoms with Crippen LogP contribution in [0.1, 0.15) is 44.1 Å². The summed E-state index contributed by atoms with van der Waals surface area (Å²) in [4.78, 5) is 15.1. The number of rotatable bonds is 4. The van der Waals surface area contributed by atoms with E-state index in [1.807, 2.05) is 60.7 Å². The molecule has 3 heterocycles. The van der Waals surface area contributed by atoms with Gasteiger partial charge < -0.3 is 14.2 Å². The number of carbonyl (C=O) groups is 1. The van der Waals surface area contributed by atoms with Crippen molar-refractivity contribution >= 4 is 15.9 Å². The minimum atomic E-state index is -4.03. The molecular weight excluding hydrogens is 514 g/mol. The second kappa shape index (κ2) is 9.33.